The van der Waals surface area contributed by atoms with Gasteiger partial charge in [-0.2, -0.15) is 13.2 Å². The Bertz CT molecular complexity index is 1030. The van der Waals surface area contributed by atoms with Gasteiger partial charge in [0.05, 0.1) is 30.8 Å². The standard InChI is InChI=1S/C22H22F3N3O4/c1-27(13-19(29)26-18-9-4-3-8-17(18)22(23,24)25)21(31)14-10-20(30)28(12-14)15-6-5-7-16(11-15)32-2/h3-9,11,14H,10,12-13H2,1-2H3,(H,26,29). The van der Waals surface area contributed by atoms with Crippen LogP contribution < -0.4 is 15.0 Å². The second kappa shape index (κ2) is 9.29. The molecule has 1 aliphatic heterocycles. The third-order valence-corrected chi connectivity index (χ3v) is 5.10. The number of anilines is 2. The highest BCUT2D eigenvalue weighted by Crippen LogP contribution is 2.34. The predicted molar refractivity (Wildman–Crippen MR) is 111 cm³/mol. The average Bonchev–Trinajstić information content (AvgIpc) is 3.14. The second-order valence-electron chi connectivity index (χ2n) is 7.39. The summed E-state index contributed by atoms with van der Waals surface area (Å²) in [6.07, 6.45) is -4.65. The number of halogens is 3. The van der Waals surface area contributed by atoms with Gasteiger partial charge in [0.15, 0.2) is 0 Å². The maximum atomic E-state index is 13.1. The molecular weight excluding hydrogens is 427 g/mol. The molecule has 170 valence electrons. The predicted octanol–water partition coefficient (Wildman–Crippen LogP) is 3.16. The van der Waals surface area contributed by atoms with E-state index >= 15 is 0 Å². The van der Waals surface area contributed by atoms with Gasteiger partial charge in [0, 0.05) is 31.8 Å². The summed E-state index contributed by atoms with van der Waals surface area (Å²) in [6, 6.07) is 11.5. The largest absolute Gasteiger partial charge is 0.497 e. The lowest BCUT2D eigenvalue weighted by Crippen LogP contribution is -2.39. The van der Waals surface area contributed by atoms with Gasteiger partial charge in [-0.25, -0.2) is 0 Å². The molecule has 7 nitrogen and oxygen atoms in total. The first-order chi connectivity index (χ1) is 15.1. The SMILES string of the molecule is COc1cccc(N2CC(C(=O)N(C)CC(=O)Nc3ccccc3C(F)(F)F)CC2=O)c1. The van der Waals surface area contributed by atoms with Crippen molar-refractivity contribution in [2.75, 3.05) is 37.5 Å². The van der Waals surface area contributed by atoms with Gasteiger partial charge < -0.3 is 19.9 Å². The van der Waals surface area contributed by atoms with Crippen LogP contribution in [0.3, 0.4) is 0 Å². The number of alkyl halides is 3. The zero-order chi connectivity index (χ0) is 23.5. The van der Waals surface area contributed by atoms with Crippen molar-refractivity contribution in [1.82, 2.24) is 4.90 Å². The molecule has 1 fully saturated rings. The van der Waals surface area contributed by atoms with E-state index < -0.39 is 36.0 Å². The maximum Gasteiger partial charge on any atom is 0.418 e. The van der Waals surface area contributed by atoms with Gasteiger partial charge in [-0.3, -0.25) is 14.4 Å². The van der Waals surface area contributed by atoms with Gasteiger partial charge in [-0.15, -0.1) is 0 Å². The molecule has 0 spiro atoms. The Balaban J connectivity index is 1.63. The van der Waals surface area contributed by atoms with Crippen LogP contribution in [0.1, 0.15) is 12.0 Å². The fourth-order valence-electron chi connectivity index (χ4n) is 3.53. The third kappa shape index (κ3) is 5.19. The molecule has 32 heavy (non-hydrogen) atoms. The minimum absolute atomic E-state index is 0.0289. The van der Waals surface area contributed by atoms with E-state index in [-0.39, 0.29) is 24.6 Å². The van der Waals surface area contributed by atoms with Crippen LogP contribution >= 0.6 is 0 Å². The summed E-state index contributed by atoms with van der Waals surface area (Å²) in [6.45, 7) is -0.317. The first-order valence-corrected chi connectivity index (χ1v) is 9.75. The van der Waals surface area contributed by atoms with Crippen molar-refractivity contribution in [1.29, 1.82) is 0 Å². The first-order valence-electron chi connectivity index (χ1n) is 9.75. The molecule has 3 amide bonds. The zero-order valence-electron chi connectivity index (χ0n) is 17.5. The highest BCUT2D eigenvalue weighted by atomic mass is 19.4. The summed E-state index contributed by atoms with van der Waals surface area (Å²) in [4.78, 5) is 40.1. The van der Waals surface area contributed by atoms with E-state index in [0.29, 0.717) is 11.4 Å². The van der Waals surface area contributed by atoms with E-state index in [1.807, 2.05) is 0 Å². The van der Waals surface area contributed by atoms with Crippen LogP contribution in [-0.2, 0) is 20.6 Å². The van der Waals surface area contributed by atoms with E-state index in [4.69, 9.17) is 4.74 Å². The number of hydrogen-bond donors (Lipinski definition) is 1. The summed E-state index contributed by atoms with van der Waals surface area (Å²) < 4.78 is 44.4. The monoisotopic (exact) mass is 449 g/mol. The molecule has 3 rings (SSSR count). The third-order valence-electron chi connectivity index (χ3n) is 5.10. The minimum atomic E-state index is -4.63. The van der Waals surface area contributed by atoms with Gasteiger partial charge in [0.25, 0.3) is 0 Å². The average molecular weight is 449 g/mol. The van der Waals surface area contributed by atoms with Gasteiger partial charge in [0.1, 0.15) is 5.75 Å². The Morgan fingerprint density at radius 1 is 1.19 bits per heavy atom. The molecule has 0 aromatic heterocycles. The minimum Gasteiger partial charge on any atom is -0.497 e. The zero-order valence-corrected chi connectivity index (χ0v) is 17.5. The lowest BCUT2D eigenvalue weighted by Gasteiger charge is -2.22. The number of nitrogens with zero attached hydrogens (tertiary/aromatic N) is 2. The number of likely N-dealkylation sites (N-methyl/N-ethyl adjacent to an activating group) is 1. The summed E-state index contributed by atoms with van der Waals surface area (Å²) >= 11 is 0. The summed E-state index contributed by atoms with van der Waals surface area (Å²) in [5, 5.41) is 2.21. The van der Waals surface area contributed by atoms with E-state index in [0.717, 1.165) is 17.0 Å². The van der Waals surface area contributed by atoms with Crippen LogP contribution in [0.4, 0.5) is 24.5 Å². The van der Waals surface area contributed by atoms with Gasteiger partial charge in [0.2, 0.25) is 17.7 Å². The lowest BCUT2D eigenvalue weighted by atomic mass is 10.1. The van der Waals surface area contributed by atoms with Crippen LogP contribution in [0.15, 0.2) is 48.5 Å². The molecule has 1 saturated heterocycles. The number of benzene rings is 2. The highest BCUT2D eigenvalue weighted by molar-refractivity contribution is 6.01. The summed E-state index contributed by atoms with van der Waals surface area (Å²) in [7, 11) is 2.88. The Kier molecular flexibility index (Phi) is 6.71. The number of carbonyl (C=O) groups excluding carboxylic acids is 3. The van der Waals surface area contributed by atoms with E-state index in [1.54, 1.807) is 24.3 Å². The van der Waals surface area contributed by atoms with Crippen molar-refractivity contribution in [3.63, 3.8) is 0 Å². The number of amides is 3. The molecule has 10 heteroatoms. The molecule has 2 aromatic rings. The molecular formula is C22H22F3N3O4. The number of ether oxygens (including phenoxy) is 1. The van der Waals surface area contributed by atoms with Crippen molar-refractivity contribution in [3.8, 4) is 5.75 Å². The van der Waals surface area contributed by atoms with Crippen LogP contribution in [-0.4, -0.2) is 49.9 Å². The topological polar surface area (TPSA) is 79.0 Å². The van der Waals surface area contributed by atoms with Crippen molar-refractivity contribution in [2.24, 2.45) is 5.92 Å². The Hall–Kier alpha value is -3.56. The van der Waals surface area contributed by atoms with E-state index in [1.165, 1.54) is 31.2 Å². The van der Waals surface area contributed by atoms with Crippen LogP contribution in [0.25, 0.3) is 0 Å². The lowest BCUT2D eigenvalue weighted by molar-refractivity contribution is -0.138. The van der Waals surface area contributed by atoms with Crippen molar-refractivity contribution in [2.45, 2.75) is 12.6 Å². The maximum absolute atomic E-state index is 13.1. The fourth-order valence-corrected chi connectivity index (χ4v) is 3.53. The quantitative estimate of drug-likeness (QED) is 0.735. The summed E-state index contributed by atoms with van der Waals surface area (Å²) in [5.74, 6) is -1.56. The van der Waals surface area contributed by atoms with Crippen molar-refractivity contribution >= 4 is 29.1 Å². The molecule has 1 aliphatic rings. The molecule has 0 bridgehead atoms. The molecule has 1 N–H and O–H groups in total. The molecule has 0 radical (unpaired) electrons. The van der Waals surface area contributed by atoms with Gasteiger partial charge >= 0.3 is 6.18 Å². The fraction of sp³-hybridized carbons (Fsp3) is 0.318. The second-order valence-corrected chi connectivity index (χ2v) is 7.39. The molecule has 1 atom stereocenters. The number of hydrogen-bond acceptors (Lipinski definition) is 4. The number of carbonyl (C=O) groups is 3. The first kappa shape index (κ1) is 23.1. The normalized spacial score (nSPS) is 16.1. The molecule has 0 saturated carbocycles. The van der Waals surface area contributed by atoms with Crippen LogP contribution in [0, 0.1) is 5.92 Å². The van der Waals surface area contributed by atoms with E-state index in [9.17, 15) is 27.6 Å². The molecule has 2 aromatic carbocycles. The van der Waals surface area contributed by atoms with Gasteiger partial charge in [-0.05, 0) is 24.3 Å². The molecule has 1 unspecified atom stereocenters. The Labute approximate surface area is 182 Å². The van der Waals surface area contributed by atoms with Crippen molar-refractivity contribution < 1.29 is 32.3 Å². The number of methoxy groups -OCH3 is 1. The molecule has 0 aliphatic carbocycles. The van der Waals surface area contributed by atoms with Crippen molar-refractivity contribution in [3.05, 3.63) is 54.1 Å². The highest BCUT2D eigenvalue weighted by Gasteiger charge is 2.37. The van der Waals surface area contributed by atoms with E-state index in [2.05, 4.69) is 5.32 Å². The number of nitrogens with one attached hydrogen (secondary N) is 1. The van der Waals surface area contributed by atoms with Crippen LogP contribution in [0.5, 0.6) is 5.75 Å². The Morgan fingerprint density at radius 3 is 2.59 bits per heavy atom. The number of para-hydroxylation sites is 1. The summed E-state index contributed by atoms with van der Waals surface area (Å²) in [5.41, 5.74) is -0.766. The van der Waals surface area contributed by atoms with Crippen LogP contribution in [0.2, 0.25) is 0 Å². The smallest absolute Gasteiger partial charge is 0.418 e. The van der Waals surface area contributed by atoms with Gasteiger partial charge in [-0.1, -0.05) is 18.2 Å². The number of rotatable bonds is 6. The Morgan fingerprint density at radius 2 is 1.91 bits per heavy atom. The molecule has 1 heterocycles.